The fourth-order valence-corrected chi connectivity index (χ4v) is 0.716. The van der Waals surface area contributed by atoms with Gasteiger partial charge in [-0.05, 0) is 14.1 Å². The van der Waals surface area contributed by atoms with Crippen LogP contribution in [0.2, 0.25) is 0 Å². The van der Waals surface area contributed by atoms with Crippen molar-refractivity contribution in [2.45, 2.75) is 12.7 Å². The molecule has 0 aromatic carbocycles. The molecular formula is C6H8F3N3O. The zero-order valence-corrected chi connectivity index (χ0v) is 7.09. The molecule has 0 N–H and O–H groups in total. The summed E-state index contributed by atoms with van der Waals surface area (Å²) in [5.74, 6) is -1.28. The average molecular weight is 195 g/mol. The maximum atomic E-state index is 11.9. The fraction of sp³-hybridized carbons (Fsp3) is 0.667. The summed E-state index contributed by atoms with van der Waals surface area (Å²) in [6.45, 7) is 0.222. The molecule has 0 fully saturated rings. The van der Waals surface area contributed by atoms with Gasteiger partial charge in [-0.15, -0.1) is 0 Å². The number of nitrogens with zero attached hydrogens (tertiary/aromatic N) is 3. The van der Waals surface area contributed by atoms with Crippen LogP contribution in [0, 0.1) is 0 Å². The summed E-state index contributed by atoms with van der Waals surface area (Å²) in [6.07, 6.45) is -4.56. The molecule has 0 aliphatic carbocycles. The predicted octanol–water partition coefficient (Wildman–Crippen LogP) is 1.15. The van der Waals surface area contributed by atoms with Crippen LogP contribution < -0.4 is 0 Å². The van der Waals surface area contributed by atoms with E-state index >= 15 is 0 Å². The summed E-state index contributed by atoms with van der Waals surface area (Å²) >= 11 is 0. The standard InChI is InChI=1S/C6H8F3N3O/c1-12(2)3-4-10-5(13-11-4)6(7,8)9/h3H2,1-2H3. The van der Waals surface area contributed by atoms with Gasteiger partial charge in [-0.2, -0.15) is 18.2 Å². The molecule has 0 saturated heterocycles. The van der Waals surface area contributed by atoms with E-state index < -0.39 is 12.1 Å². The van der Waals surface area contributed by atoms with E-state index in [-0.39, 0.29) is 12.4 Å². The van der Waals surface area contributed by atoms with Gasteiger partial charge in [0, 0.05) is 0 Å². The first-order valence-corrected chi connectivity index (χ1v) is 3.44. The average Bonchev–Trinajstić information content (AvgIpc) is 2.32. The molecule has 0 aliphatic heterocycles. The van der Waals surface area contributed by atoms with Crippen molar-refractivity contribution in [1.82, 2.24) is 15.0 Å². The van der Waals surface area contributed by atoms with Gasteiger partial charge in [0.05, 0.1) is 6.54 Å². The fourth-order valence-electron chi connectivity index (χ4n) is 0.716. The number of hydrogen-bond donors (Lipinski definition) is 0. The molecule has 7 heteroatoms. The Kier molecular flexibility index (Phi) is 2.55. The van der Waals surface area contributed by atoms with Crippen molar-refractivity contribution in [1.29, 1.82) is 0 Å². The van der Waals surface area contributed by atoms with Crippen LogP contribution in [0.4, 0.5) is 13.2 Å². The molecule has 1 rings (SSSR count). The highest BCUT2D eigenvalue weighted by atomic mass is 19.4. The van der Waals surface area contributed by atoms with Crippen LogP contribution in [0.3, 0.4) is 0 Å². The SMILES string of the molecule is CN(C)Cc1noc(C(F)(F)F)n1. The third-order valence-corrected chi connectivity index (χ3v) is 1.17. The van der Waals surface area contributed by atoms with Crippen LogP contribution in [0.25, 0.3) is 0 Å². The monoisotopic (exact) mass is 195 g/mol. The molecule has 74 valence electrons. The molecule has 0 radical (unpaired) electrons. The quantitative estimate of drug-likeness (QED) is 0.709. The van der Waals surface area contributed by atoms with Gasteiger partial charge in [0.25, 0.3) is 0 Å². The number of halogens is 3. The Balaban J connectivity index is 2.75. The van der Waals surface area contributed by atoms with Crippen molar-refractivity contribution < 1.29 is 17.7 Å². The highest BCUT2D eigenvalue weighted by molar-refractivity contribution is 4.89. The molecule has 0 spiro atoms. The van der Waals surface area contributed by atoms with Crippen molar-refractivity contribution in [3.63, 3.8) is 0 Å². The lowest BCUT2D eigenvalue weighted by atomic mass is 10.5. The van der Waals surface area contributed by atoms with E-state index in [0.717, 1.165) is 0 Å². The lowest BCUT2D eigenvalue weighted by molar-refractivity contribution is -0.159. The van der Waals surface area contributed by atoms with Crippen molar-refractivity contribution in [3.8, 4) is 0 Å². The van der Waals surface area contributed by atoms with Crippen LogP contribution in [0.15, 0.2) is 4.52 Å². The van der Waals surface area contributed by atoms with E-state index in [4.69, 9.17) is 0 Å². The molecule has 1 aromatic heterocycles. The highest BCUT2D eigenvalue weighted by Crippen LogP contribution is 2.27. The third kappa shape index (κ3) is 2.69. The van der Waals surface area contributed by atoms with Crippen LogP contribution in [-0.4, -0.2) is 29.1 Å². The summed E-state index contributed by atoms with van der Waals surface area (Å²) in [4.78, 5) is 4.82. The summed E-state index contributed by atoms with van der Waals surface area (Å²) in [5, 5.41) is 3.18. The van der Waals surface area contributed by atoms with E-state index in [2.05, 4.69) is 14.7 Å². The topological polar surface area (TPSA) is 42.2 Å². The van der Waals surface area contributed by atoms with Gasteiger partial charge >= 0.3 is 12.1 Å². The Bertz CT molecular complexity index is 281. The van der Waals surface area contributed by atoms with Gasteiger partial charge in [0.15, 0.2) is 5.82 Å². The van der Waals surface area contributed by atoms with Crippen molar-refractivity contribution in [2.24, 2.45) is 0 Å². The molecular weight excluding hydrogens is 187 g/mol. The predicted molar refractivity (Wildman–Crippen MR) is 36.7 cm³/mol. The maximum Gasteiger partial charge on any atom is 0.471 e. The molecule has 4 nitrogen and oxygen atoms in total. The summed E-state index contributed by atoms with van der Waals surface area (Å²) < 4.78 is 39.8. The number of rotatable bonds is 2. The second kappa shape index (κ2) is 3.33. The molecule has 0 aliphatic rings. The second-order valence-corrected chi connectivity index (χ2v) is 2.75. The van der Waals surface area contributed by atoms with Gasteiger partial charge in [-0.1, -0.05) is 5.16 Å². The lowest BCUT2D eigenvalue weighted by Gasteiger charge is -2.03. The van der Waals surface area contributed by atoms with Gasteiger partial charge < -0.3 is 9.42 Å². The lowest BCUT2D eigenvalue weighted by Crippen LogP contribution is -2.12. The van der Waals surface area contributed by atoms with Crippen LogP contribution in [-0.2, 0) is 12.7 Å². The molecule has 1 heterocycles. The van der Waals surface area contributed by atoms with Crippen LogP contribution >= 0.6 is 0 Å². The van der Waals surface area contributed by atoms with E-state index in [0.29, 0.717) is 0 Å². The van der Waals surface area contributed by atoms with E-state index in [9.17, 15) is 13.2 Å². The van der Waals surface area contributed by atoms with Crippen molar-refractivity contribution in [2.75, 3.05) is 14.1 Å². The van der Waals surface area contributed by atoms with E-state index in [1.807, 2.05) is 0 Å². The Morgan fingerprint density at radius 3 is 2.38 bits per heavy atom. The second-order valence-electron chi connectivity index (χ2n) is 2.75. The highest BCUT2D eigenvalue weighted by Gasteiger charge is 2.38. The molecule has 0 saturated carbocycles. The first-order chi connectivity index (χ1) is 5.89. The largest absolute Gasteiger partial charge is 0.471 e. The third-order valence-electron chi connectivity index (χ3n) is 1.17. The van der Waals surface area contributed by atoms with Crippen molar-refractivity contribution >= 4 is 0 Å². The van der Waals surface area contributed by atoms with E-state index in [1.54, 1.807) is 19.0 Å². The Hall–Kier alpha value is -1.11. The summed E-state index contributed by atoms with van der Waals surface area (Å²) in [5.41, 5.74) is 0. The Labute approximate surface area is 72.3 Å². The molecule has 0 atom stereocenters. The Morgan fingerprint density at radius 1 is 1.38 bits per heavy atom. The number of alkyl halides is 3. The number of hydrogen-bond acceptors (Lipinski definition) is 4. The van der Waals surface area contributed by atoms with Crippen LogP contribution in [0.1, 0.15) is 11.7 Å². The summed E-state index contributed by atoms with van der Waals surface area (Å²) in [6, 6.07) is 0. The maximum absolute atomic E-state index is 11.9. The number of aromatic nitrogens is 2. The zero-order valence-electron chi connectivity index (χ0n) is 7.09. The minimum absolute atomic E-state index is 0.0253. The van der Waals surface area contributed by atoms with Crippen LogP contribution in [0.5, 0.6) is 0 Å². The van der Waals surface area contributed by atoms with Gasteiger partial charge in [0.2, 0.25) is 0 Å². The Morgan fingerprint density at radius 2 is 2.00 bits per heavy atom. The molecule has 0 unspecified atom stereocenters. The normalized spacial score (nSPS) is 12.5. The molecule has 1 aromatic rings. The van der Waals surface area contributed by atoms with E-state index in [1.165, 1.54) is 0 Å². The minimum atomic E-state index is -4.56. The molecule has 0 amide bonds. The van der Waals surface area contributed by atoms with Crippen molar-refractivity contribution in [3.05, 3.63) is 11.7 Å². The summed E-state index contributed by atoms with van der Waals surface area (Å²) in [7, 11) is 3.40. The first kappa shape index (κ1) is 9.97. The minimum Gasteiger partial charge on any atom is -0.329 e. The molecule has 13 heavy (non-hydrogen) atoms. The smallest absolute Gasteiger partial charge is 0.329 e. The van der Waals surface area contributed by atoms with Gasteiger partial charge in [0.1, 0.15) is 0 Å². The zero-order chi connectivity index (χ0) is 10.1. The van der Waals surface area contributed by atoms with Gasteiger partial charge in [-0.25, -0.2) is 0 Å². The van der Waals surface area contributed by atoms with Gasteiger partial charge in [-0.3, -0.25) is 0 Å². The first-order valence-electron chi connectivity index (χ1n) is 3.44. The molecule has 0 bridgehead atoms.